The molecule has 25 heavy (non-hydrogen) atoms. The average Bonchev–Trinajstić information content (AvgIpc) is 2.55. The zero-order valence-corrected chi connectivity index (χ0v) is 16.6. The molecule has 0 bridgehead atoms. The van der Waals surface area contributed by atoms with Gasteiger partial charge < -0.3 is 11.1 Å². The number of rotatable bonds is 6. The lowest BCUT2D eigenvalue weighted by molar-refractivity contribution is -0.121. The largest absolute Gasteiger partial charge is 0.354 e. The fourth-order valence-electron chi connectivity index (χ4n) is 2.88. The number of amides is 1. The van der Waals surface area contributed by atoms with Crippen LogP contribution in [0.2, 0.25) is 5.02 Å². The first-order valence-electron chi connectivity index (χ1n) is 8.11. The van der Waals surface area contributed by atoms with E-state index in [1.165, 1.54) is 4.31 Å². The predicted molar refractivity (Wildman–Crippen MR) is 102 cm³/mol. The van der Waals surface area contributed by atoms with Crippen LogP contribution in [-0.4, -0.2) is 44.3 Å². The summed E-state index contributed by atoms with van der Waals surface area (Å²) in [6.07, 6.45) is 2.69. The van der Waals surface area contributed by atoms with E-state index in [-0.39, 0.29) is 47.2 Å². The molecule has 9 heteroatoms. The van der Waals surface area contributed by atoms with Crippen LogP contribution in [0.25, 0.3) is 0 Å². The molecular weight excluding hydrogens is 385 g/mol. The Morgan fingerprint density at radius 3 is 2.80 bits per heavy atom. The fraction of sp³-hybridized carbons (Fsp3) is 0.562. The minimum atomic E-state index is -3.70. The van der Waals surface area contributed by atoms with Crippen LogP contribution in [0.3, 0.4) is 0 Å². The van der Waals surface area contributed by atoms with Gasteiger partial charge in [-0.15, -0.1) is 12.4 Å². The van der Waals surface area contributed by atoms with Crippen molar-refractivity contribution in [2.75, 3.05) is 19.6 Å². The Balaban J connectivity index is 0.00000312. The number of sulfonamides is 1. The predicted octanol–water partition coefficient (Wildman–Crippen LogP) is 2.08. The lowest BCUT2D eigenvalue weighted by Gasteiger charge is -2.35. The number of benzene rings is 1. The first-order chi connectivity index (χ1) is 11.4. The van der Waals surface area contributed by atoms with Gasteiger partial charge in [0.15, 0.2) is 0 Å². The number of carbonyl (C=O) groups is 1. The van der Waals surface area contributed by atoms with Crippen molar-refractivity contribution >= 4 is 39.9 Å². The summed E-state index contributed by atoms with van der Waals surface area (Å²) in [5.41, 5.74) is 6.20. The number of hydrogen-bond donors (Lipinski definition) is 2. The molecule has 1 aromatic carbocycles. The quantitative estimate of drug-likeness (QED) is 0.751. The molecule has 1 unspecified atom stereocenters. The third-order valence-corrected chi connectivity index (χ3v) is 6.59. The topological polar surface area (TPSA) is 92.5 Å². The van der Waals surface area contributed by atoms with Gasteiger partial charge in [-0.25, -0.2) is 8.42 Å². The van der Waals surface area contributed by atoms with Crippen LogP contribution < -0.4 is 11.1 Å². The van der Waals surface area contributed by atoms with Crippen molar-refractivity contribution in [3.63, 3.8) is 0 Å². The van der Waals surface area contributed by atoms with Crippen molar-refractivity contribution in [2.45, 2.75) is 43.5 Å². The minimum Gasteiger partial charge on any atom is -0.354 e. The highest BCUT2D eigenvalue weighted by atomic mass is 35.5. The number of nitrogens with zero attached hydrogens (tertiary/aromatic N) is 1. The molecular formula is C16H25Cl2N3O3S. The van der Waals surface area contributed by atoms with Gasteiger partial charge in [-0.1, -0.05) is 24.1 Å². The molecule has 1 aliphatic rings. The molecule has 1 amide bonds. The van der Waals surface area contributed by atoms with Gasteiger partial charge >= 0.3 is 0 Å². The second kappa shape index (κ2) is 9.73. The fourth-order valence-corrected chi connectivity index (χ4v) is 5.13. The van der Waals surface area contributed by atoms with Crippen LogP contribution in [0.1, 0.15) is 31.2 Å². The molecule has 0 saturated carbocycles. The number of halogens is 2. The van der Waals surface area contributed by atoms with E-state index in [0.717, 1.165) is 18.4 Å². The second-order valence-electron chi connectivity index (χ2n) is 6.04. The number of piperidine rings is 1. The summed E-state index contributed by atoms with van der Waals surface area (Å²) in [7, 11) is -3.70. The van der Waals surface area contributed by atoms with Crippen LogP contribution in [0.15, 0.2) is 23.1 Å². The Kier molecular flexibility index (Phi) is 8.63. The van der Waals surface area contributed by atoms with Crippen LogP contribution in [0.4, 0.5) is 0 Å². The maximum atomic E-state index is 13.0. The molecule has 1 saturated heterocycles. The molecule has 1 fully saturated rings. The monoisotopic (exact) mass is 409 g/mol. The van der Waals surface area contributed by atoms with Crippen LogP contribution in [0, 0.1) is 6.92 Å². The standard InChI is InChI=1S/C16H24ClN3O3S.ClH/c1-12-5-6-14(17)15(10-12)24(22,23)20-9-3-2-4-13(20)11-19-16(21)7-8-18;/h5-6,10,13H,2-4,7-9,11,18H2,1H3,(H,19,21);1H. The molecule has 1 heterocycles. The Morgan fingerprint density at radius 1 is 1.40 bits per heavy atom. The maximum absolute atomic E-state index is 13.0. The third kappa shape index (κ3) is 5.56. The molecule has 6 nitrogen and oxygen atoms in total. The highest BCUT2D eigenvalue weighted by Gasteiger charge is 2.34. The lowest BCUT2D eigenvalue weighted by atomic mass is 10.1. The van der Waals surface area contributed by atoms with Gasteiger partial charge in [0.05, 0.1) is 5.02 Å². The van der Waals surface area contributed by atoms with Gasteiger partial charge in [0.25, 0.3) is 0 Å². The highest BCUT2D eigenvalue weighted by Crippen LogP contribution is 2.30. The van der Waals surface area contributed by atoms with Crippen molar-refractivity contribution in [1.82, 2.24) is 9.62 Å². The zero-order chi connectivity index (χ0) is 17.7. The van der Waals surface area contributed by atoms with Gasteiger partial charge in [-0.2, -0.15) is 4.31 Å². The van der Waals surface area contributed by atoms with Gasteiger partial charge in [0.2, 0.25) is 15.9 Å². The smallest absolute Gasteiger partial charge is 0.244 e. The van der Waals surface area contributed by atoms with Crippen molar-refractivity contribution < 1.29 is 13.2 Å². The van der Waals surface area contributed by atoms with Gasteiger partial charge in [0, 0.05) is 32.1 Å². The Morgan fingerprint density at radius 2 is 2.12 bits per heavy atom. The van der Waals surface area contributed by atoms with E-state index < -0.39 is 10.0 Å². The highest BCUT2D eigenvalue weighted by molar-refractivity contribution is 7.89. The van der Waals surface area contributed by atoms with E-state index >= 15 is 0 Å². The van der Waals surface area contributed by atoms with Gasteiger partial charge in [-0.05, 0) is 37.5 Å². The van der Waals surface area contributed by atoms with E-state index in [1.54, 1.807) is 18.2 Å². The third-order valence-electron chi connectivity index (χ3n) is 4.15. The Labute approximate surface area is 160 Å². The summed E-state index contributed by atoms with van der Waals surface area (Å²) in [4.78, 5) is 11.8. The van der Waals surface area contributed by atoms with Crippen molar-refractivity contribution in [2.24, 2.45) is 5.73 Å². The number of carbonyl (C=O) groups excluding carboxylic acids is 1. The number of hydrogen-bond acceptors (Lipinski definition) is 4. The van der Waals surface area contributed by atoms with E-state index in [2.05, 4.69) is 5.32 Å². The molecule has 1 aromatic rings. The van der Waals surface area contributed by atoms with E-state index in [1.807, 2.05) is 6.92 Å². The molecule has 0 aromatic heterocycles. The van der Waals surface area contributed by atoms with Crippen LogP contribution >= 0.6 is 24.0 Å². The second-order valence-corrected chi connectivity index (χ2v) is 8.31. The van der Waals surface area contributed by atoms with Crippen LogP contribution in [-0.2, 0) is 14.8 Å². The maximum Gasteiger partial charge on any atom is 0.244 e. The molecule has 0 aliphatic carbocycles. The van der Waals surface area contributed by atoms with E-state index in [4.69, 9.17) is 17.3 Å². The molecule has 2 rings (SSSR count). The molecule has 0 spiro atoms. The van der Waals surface area contributed by atoms with Gasteiger partial charge in [-0.3, -0.25) is 4.79 Å². The van der Waals surface area contributed by atoms with Crippen LogP contribution in [0.5, 0.6) is 0 Å². The summed E-state index contributed by atoms with van der Waals surface area (Å²) in [6.45, 7) is 2.83. The first kappa shape index (κ1) is 22.2. The summed E-state index contributed by atoms with van der Waals surface area (Å²) < 4.78 is 27.6. The zero-order valence-electron chi connectivity index (χ0n) is 14.2. The van der Waals surface area contributed by atoms with E-state index in [9.17, 15) is 13.2 Å². The first-order valence-corrected chi connectivity index (χ1v) is 9.93. The van der Waals surface area contributed by atoms with Crippen molar-refractivity contribution in [3.8, 4) is 0 Å². The molecule has 1 aliphatic heterocycles. The molecule has 1 atom stereocenters. The summed E-state index contributed by atoms with van der Waals surface area (Å²) in [5, 5.41) is 2.99. The average molecular weight is 410 g/mol. The van der Waals surface area contributed by atoms with Crippen molar-refractivity contribution in [1.29, 1.82) is 0 Å². The lowest BCUT2D eigenvalue weighted by Crippen LogP contribution is -2.49. The van der Waals surface area contributed by atoms with Crippen molar-refractivity contribution in [3.05, 3.63) is 28.8 Å². The van der Waals surface area contributed by atoms with Gasteiger partial charge in [0.1, 0.15) is 4.90 Å². The Hall–Kier alpha value is -0.860. The Bertz CT molecular complexity index is 698. The number of nitrogens with one attached hydrogen (secondary N) is 1. The SMILES string of the molecule is Cc1ccc(Cl)c(S(=O)(=O)N2CCCCC2CNC(=O)CCN)c1.Cl. The molecule has 0 radical (unpaired) electrons. The minimum absolute atomic E-state index is 0. The molecule has 142 valence electrons. The number of nitrogens with two attached hydrogens (primary N) is 1. The molecule has 3 N–H and O–H groups in total. The normalized spacial score (nSPS) is 18.4. The summed E-state index contributed by atoms with van der Waals surface area (Å²) in [6, 6.07) is 4.71. The summed E-state index contributed by atoms with van der Waals surface area (Å²) >= 11 is 6.13. The number of aryl methyl sites for hydroxylation is 1. The summed E-state index contributed by atoms with van der Waals surface area (Å²) in [5.74, 6) is -0.158. The van der Waals surface area contributed by atoms with E-state index in [0.29, 0.717) is 19.5 Å².